The number of nitrogens with zero attached hydrogens (tertiary/aromatic N) is 6. The number of pyridine rings is 1. The van der Waals surface area contributed by atoms with Gasteiger partial charge in [-0.25, -0.2) is 18.3 Å². The van der Waals surface area contributed by atoms with Gasteiger partial charge in [0.05, 0.1) is 23.1 Å². The molecule has 0 saturated carbocycles. The summed E-state index contributed by atoms with van der Waals surface area (Å²) in [4.78, 5) is 26.4. The first-order valence-electron chi connectivity index (χ1n) is 8.93. The van der Waals surface area contributed by atoms with Gasteiger partial charge in [-0.2, -0.15) is 10.1 Å². The molecule has 3 aromatic rings. The molecule has 1 saturated heterocycles. The summed E-state index contributed by atoms with van der Waals surface area (Å²) in [5.74, 6) is -0.0961. The van der Waals surface area contributed by atoms with E-state index >= 15 is 0 Å². The van der Waals surface area contributed by atoms with E-state index in [0.29, 0.717) is 30.0 Å². The van der Waals surface area contributed by atoms with Crippen molar-refractivity contribution in [2.45, 2.75) is 25.7 Å². The van der Waals surface area contributed by atoms with Gasteiger partial charge >= 0.3 is 0 Å². The lowest BCUT2D eigenvalue weighted by molar-refractivity contribution is 0.0666. The molecule has 1 fully saturated rings. The molecule has 28 heavy (non-hydrogen) atoms. The summed E-state index contributed by atoms with van der Waals surface area (Å²) in [6.07, 6.45) is 2.26. The maximum atomic E-state index is 13.3. The lowest BCUT2D eigenvalue weighted by Gasteiger charge is -2.37. The summed E-state index contributed by atoms with van der Waals surface area (Å²) in [5.41, 5.74) is 6.82. The predicted molar refractivity (Wildman–Crippen MR) is 96.8 cm³/mol. The van der Waals surface area contributed by atoms with E-state index in [1.54, 1.807) is 11.0 Å². The Kier molecular flexibility index (Phi) is 4.62. The van der Waals surface area contributed by atoms with Gasteiger partial charge in [0.2, 0.25) is 0 Å². The summed E-state index contributed by atoms with van der Waals surface area (Å²) in [5, 5.41) is 4.14. The third kappa shape index (κ3) is 3.14. The summed E-state index contributed by atoms with van der Waals surface area (Å²) in [6.45, 7) is 2.97. The van der Waals surface area contributed by atoms with Gasteiger partial charge in [0, 0.05) is 25.2 Å². The zero-order chi connectivity index (χ0) is 19.8. The van der Waals surface area contributed by atoms with Gasteiger partial charge in [-0.3, -0.25) is 9.78 Å². The van der Waals surface area contributed by atoms with Crippen molar-refractivity contribution in [2.75, 3.05) is 18.8 Å². The molecule has 0 spiro atoms. The Labute approximate surface area is 159 Å². The van der Waals surface area contributed by atoms with Crippen LogP contribution in [-0.2, 0) is 0 Å². The van der Waals surface area contributed by atoms with Crippen LogP contribution in [0.5, 0.6) is 0 Å². The van der Waals surface area contributed by atoms with Crippen LogP contribution in [-0.4, -0.2) is 48.5 Å². The molecule has 146 valence electrons. The maximum absolute atomic E-state index is 13.3. The number of nitrogens with two attached hydrogens (primary N) is 1. The first-order valence-corrected chi connectivity index (χ1v) is 8.93. The monoisotopic (exact) mass is 387 g/mol. The quantitative estimate of drug-likeness (QED) is 0.740. The molecule has 3 aromatic heterocycles. The molecule has 2 atom stereocenters. The number of likely N-dealkylation sites (tertiary alicyclic amines) is 1. The van der Waals surface area contributed by atoms with Crippen molar-refractivity contribution >= 4 is 17.4 Å². The number of rotatable bonds is 3. The van der Waals surface area contributed by atoms with Gasteiger partial charge in [-0.05, 0) is 24.5 Å². The fourth-order valence-electron chi connectivity index (χ4n) is 3.64. The number of hydrogen-bond donors (Lipinski definition) is 1. The van der Waals surface area contributed by atoms with Gasteiger partial charge < -0.3 is 10.6 Å². The van der Waals surface area contributed by atoms with E-state index in [1.165, 1.54) is 29.3 Å². The molecule has 0 aliphatic carbocycles. The smallest absolute Gasteiger partial charge is 0.280 e. The zero-order valence-electron chi connectivity index (χ0n) is 15.2. The van der Waals surface area contributed by atoms with Crippen molar-refractivity contribution in [1.29, 1.82) is 0 Å². The highest BCUT2D eigenvalue weighted by atomic mass is 19.3. The standard InChI is InChI=1S/C18H19F2N7O/c1-10-3-5-26(17(28)11-2-4-22-7-13(11)21)8-12(10)15-6-14(16(19)20)25-18-23-9-24-27(15)18/h2,4,6-7,9-10,12,16H,3,5,8,21H2,1H3/t10?,12-/m1/s1. The molecule has 4 heterocycles. The number of amides is 1. The second kappa shape index (κ2) is 7.10. The van der Waals surface area contributed by atoms with Crippen molar-refractivity contribution in [2.24, 2.45) is 5.92 Å². The Morgan fingerprint density at radius 1 is 1.39 bits per heavy atom. The Hall–Kier alpha value is -3.17. The molecule has 0 aromatic carbocycles. The molecule has 4 rings (SSSR count). The lowest BCUT2D eigenvalue weighted by Crippen LogP contribution is -2.43. The van der Waals surface area contributed by atoms with Crippen LogP contribution in [0, 0.1) is 5.92 Å². The summed E-state index contributed by atoms with van der Waals surface area (Å²) < 4.78 is 28.1. The van der Waals surface area contributed by atoms with E-state index in [0.717, 1.165) is 6.42 Å². The number of nitrogen functional groups attached to an aromatic ring is 1. The SMILES string of the molecule is CC1CCN(C(=O)c2ccncc2N)C[C@H]1c1cc(C(F)F)nc2ncnn12. The van der Waals surface area contributed by atoms with Crippen LogP contribution in [0.2, 0.25) is 0 Å². The highest BCUT2D eigenvalue weighted by Crippen LogP contribution is 2.34. The molecule has 2 N–H and O–H groups in total. The highest BCUT2D eigenvalue weighted by Gasteiger charge is 2.33. The van der Waals surface area contributed by atoms with Gasteiger partial charge in [0.25, 0.3) is 18.1 Å². The third-order valence-electron chi connectivity index (χ3n) is 5.23. The van der Waals surface area contributed by atoms with Crippen LogP contribution in [0.25, 0.3) is 5.78 Å². The molecule has 0 radical (unpaired) electrons. The second-order valence-electron chi connectivity index (χ2n) is 6.96. The molecular formula is C18H19F2N7O. The van der Waals surface area contributed by atoms with Crippen LogP contribution >= 0.6 is 0 Å². The minimum atomic E-state index is -2.71. The summed E-state index contributed by atoms with van der Waals surface area (Å²) >= 11 is 0. The minimum absolute atomic E-state index is 0.127. The number of carbonyl (C=O) groups excluding carboxylic acids is 1. The minimum Gasteiger partial charge on any atom is -0.397 e. The van der Waals surface area contributed by atoms with Crippen molar-refractivity contribution in [3.05, 3.63) is 47.8 Å². The number of halogens is 2. The number of hydrogen-bond acceptors (Lipinski definition) is 6. The number of aromatic nitrogens is 5. The second-order valence-corrected chi connectivity index (χ2v) is 6.96. The largest absolute Gasteiger partial charge is 0.397 e. The summed E-state index contributed by atoms with van der Waals surface area (Å²) in [7, 11) is 0. The van der Waals surface area contributed by atoms with Gasteiger partial charge in [0.1, 0.15) is 12.0 Å². The Bertz CT molecular complexity index is 1020. The van der Waals surface area contributed by atoms with E-state index < -0.39 is 6.43 Å². The molecule has 0 bridgehead atoms. The van der Waals surface area contributed by atoms with Crippen LogP contribution in [0.3, 0.4) is 0 Å². The normalized spacial score (nSPS) is 20.1. The first-order chi connectivity index (χ1) is 13.5. The number of alkyl halides is 2. The topological polar surface area (TPSA) is 102 Å². The van der Waals surface area contributed by atoms with Crippen LogP contribution in [0.15, 0.2) is 30.9 Å². The molecule has 8 nitrogen and oxygen atoms in total. The van der Waals surface area contributed by atoms with E-state index in [-0.39, 0.29) is 29.2 Å². The van der Waals surface area contributed by atoms with Crippen molar-refractivity contribution < 1.29 is 13.6 Å². The Balaban J connectivity index is 1.70. The third-order valence-corrected chi connectivity index (χ3v) is 5.23. The molecule has 1 aliphatic rings. The number of piperidine rings is 1. The fourth-order valence-corrected chi connectivity index (χ4v) is 3.64. The van der Waals surface area contributed by atoms with Gasteiger partial charge in [-0.15, -0.1) is 0 Å². The van der Waals surface area contributed by atoms with Crippen molar-refractivity contribution in [1.82, 2.24) is 29.5 Å². The maximum Gasteiger partial charge on any atom is 0.280 e. The number of fused-ring (bicyclic) bond motifs is 1. The van der Waals surface area contributed by atoms with E-state index in [9.17, 15) is 13.6 Å². The van der Waals surface area contributed by atoms with E-state index in [4.69, 9.17) is 5.73 Å². The highest BCUT2D eigenvalue weighted by molar-refractivity contribution is 5.98. The first kappa shape index (κ1) is 18.2. The molecular weight excluding hydrogens is 368 g/mol. The summed E-state index contributed by atoms with van der Waals surface area (Å²) in [6, 6.07) is 2.95. The van der Waals surface area contributed by atoms with Gasteiger partial charge in [0.15, 0.2) is 0 Å². The Morgan fingerprint density at radius 3 is 2.96 bits per heavy atom. The van der Waals surface area contributed by atoms with Crippen LogP contribution < -0.4 is 5.73 Å². The van der Waals surface area contributed by atoms with Crippen molar-refractivity contribution in [3.8, 4) is 0 Å². The molecule has 1 aliphatic heterocycles. The fraction of sp³-hybridized carbons (Fsp3) is 0.389. The van der Waals surface area contributed by atoms with Gasteiger partial charge in [-0.1, -0.05) is 6.92 Å². The zero-order valence-corrected chi connectivity index (χ0v) is 15.2. The Morgan fingerprint density at radius 2 is 2.21 bits per heavy atom. The lowest BCUT2D eigenvalue weighted by atomic mass is 9.84. The van der Waals surface area contributed by atoms with E-state index in [1.807, 2.05) is 6.92 Å². The molecule has 1 unspecified atom stereocenters. The van der Waals surface area contributed by atoms with Crippen molar-refractivity contribution in [3.63, 3.8) is 0 Å². The average Bonchev–Trinajstić information content (AvgIpc) is 3.16. The number of anilines is 1. The van der Waals surface area contributed by atoms with Crippen LogP contribution in [0.1, 0.15) is 47.4 Å². The van der Waals surface area contributed by atoms with E-state index in [2.05, 4.69) is 20.1 Å². The number of carbonyl (C=O) groups is 1. The van der Waals surface area contributed by atoms with Crippen LogP contribution in [0.4, 0.5) is 14.5 Å². The predicted octanol–water partition coefficient (Wildman–Crippen LogP) is 2.30. The average molecular weight is 387 g/mol. The molecule has 10 heteroatoms. The molecule has 1 amide bonds.